The molecule has 1 aliphatic rings. The predicted molar refractivity (Wildman–Crippen MR) is 127 cm³/mol. The van der Waals surface area contributed by atoms with Crippen molar-refractivity contribution in [2.45, 2.75) is 6.04 Å². The van der Waals surface area contributed by atoms with Crippen molar-refractivity contribution in [2.24, 2.45) is 0 Å². The van der Waals surface area contributed by atoms with Gasteiger partial charge in [0, 0.05) is 38.4 Å². The first kappa shape index (κ1) is 23.1. The summed E-state index contributed by atoms with van der Waals surface area (Å²) in [5, 5.41) is 12.1. The first-order valence-electron chi connectivity index (χ1n) is 11.0. The third kappa shape index (κ3) is 5.30. The van der Waals surface area contributed by atoms with Crippen molar-refractivity contribution in [3.63, 3.8) is 0 Å². The van der Waals surface area contributed by atoms with E-state index in [2.05, 4.69) is 34.5 Å². The molecule has 3 aromatic rings. The molecule has 0 radical (unpaired) electrons. The maximum absolute atomic E-state index is 13.8. The Kier molecular flexibility index (Phi) is 7.31. The van der Waals surface area contributed by atoms with Crippen LogP contribution >= 0.6 is 0 Å². The summed E-state index contributed by atoms with van der Waals surface area (Å²) >= 11 is 0. The molecule has 1 amide bonds. The highest BCUT2D eigenvalue weighted by Gasteiger charge is 2.29. The van der Waals surface area contributed by atoms with Gasteiger partial charge in [0.25, 0.3) is 5.91 Å². The van der Waals surface area contributed by atoms with Crippen LogP contribution in [0.2, 0.25) is 0 Å². The Morgan fingerprint density at radius 2 is 1.50 bits per heavy atom. The number of piperazine rings is 1. The highest BCUT2D eigenvalue weighted by molar-refractivity contribution is 5.97. The lowest BCUT2D eigenvalue weighted by molar-refractivity contribution is -0.128. The minimum absolute atomic E-state index is 0.0136. The van der Waals surface area contributed by atoms with Crippen molar-refractivity contribution in [2.75, 3.05) is 31.5 Å². The van der Waals surface area contributed by atoms with Crippen LogP contribution in [0, 0.1) is 23.0 Å². The number of amides is 1. The van der Waals surface area contributed by atoms with Gasteiger partial charge in [-0.1, -0.05) is 60.7 Å². The molecule has 0 aliphatic carbocycles. The number of carbonyl (C=O) groups excluding carboxylic acids is 1. The van der Waals surface area contributed by atoms with E-state index < -0.39 is 17.5 Å². The van der Waals surface area contributed by atoms with E-state index >= 15 is 0 Å². The quantitative estimate of drug-likeness (QED) is 0.429. The van der Waals surface area contributed by atoms with Gasteiger partial charge in [-0.05, 0) is 23.3 Å². The Bertz CT molecular complexity index is 1160. The van der Waals surface area contributed by atoms with Gasteiger partial charge >= 0.3 is 0 Å². The Morgan fingerprint density at radius 3 is 2.03 bits per heavy atom. The van der Waals surface area contributed by atoms with Crippen LogP contribution in [0.1, 0.15) is 17.2 Å². The third-order valence-corrected chi connectivity index (χ3v) is 5.85. The SMILES string of the molecule is N#C/C(=C/Nc1ccc(F)cc1F)C(=O)N1CCN(C(c2ccccc2)c2ccccc2)CC1. The van der Waals surface area contributed by atoms with Crippen molar-refractivity contribution in [1.29, 1.82) is 5.26 Å². The molecular weight excluding hydrogens is 434 g/mol. The lowest BCUT2D eigenvalue weighted by atomic mass is 9.96. The van der Waals surface area contributed by atoms with Crippen LogP contribution in [-0.4, -0.2) is 41.9 Å². The topological polar surface area (TPSA) is 59.4 Å². The van der Waals surface area contributed by atoms with Gasteiger partial charge in [-0.2, -0.15) is 5.26 Å². The Labute approximate surface area is 197 Å². The van der Waals surface area contributed by atoms with E-state index in [0.29, 0.717) is 26.2 Å². The summed E-state index contributed by atoms with van der Waals surface area (Å²) in [6, 6.07) is 25.5. The Hall–Kier alpha value is -4.02. The lowest BCUT2D eigenvalue weighted by Gasteiger charge is -2.39. The second-order valence-electron chi connectivity index (χ2n) is 7.99. The largest absolute Gasteiger partial charge is 0.358 e. The predicted octanol–water partition coefficient (Wildman–Crippen LogP) is 4.72. The molecule has 1 aliphatic heterocycles. The number of rotatable bonds is 6. The number of nitrogens with zero attached hydrogens (tertiary/aromatic N) is 3. The van der Waals surface area contributed by atoms with Gasteiger partial charge in [0.2, 0.25) is 0 Å². The monoisotopic (exact) mass is 458 g/mol. The average molecular weight is 459 g/mol. The summed E-state index contributed by atoms with van der Waals surface area (Å²) in [6.07, 6.45) is 1.17. The summed E-state index contributed by atoms with van der Waals surface area (Å²) in [6.45, 7) is 2.19. The van der Waals surface area contributed by atoms with Crippen LogP contribution in [0.15, 0.2) is 90.6 Å². The fraction of sp³-hybridized carbons (Fsp3) is 0.185. The molecule has 34 heavy (non-hydrogen) atoms. The number of anilines is 1. The zero-order valence-electron chi connectivity index (χ0n) is 18.5. The Balaban J connectivity index is 1.45. The molecule has 0 spiro atoms. The standard InChI is InChI=1S/C27H24F2N4O/c28-23-11-12-25(24(29)17-23)31-19-22(18-30)27(34)33-15-13-32(14-16-33)26(20-7-3-1-4-8-20)21-9-5-2-6-10-21/h1-12,17,19,26,31H,13-16H2/b22-19-. The van der Waals surface area contributed by atoms with Gasteiger partial charge < -0.3 is 10.2 Å². The van der Waals surface area contributed by atoms with Crippen LogP contribution in [-0.2, 0) is 4.79 Å². The lowest BCUT2D eigenvalue weighted by Crippen LogP contribution is -2.50. The van der Waals surface area contributed by atoms with E-state index in [1.165, 1.54) is 23.4 Å². The molecule has 0 bridgehead atoms. The molecule has 0 unspecified atom stereocenters. The second-order valence-corrected chi connectivity index (χ2v) is 7.99. The number of nitriles is 1. The maximum Gasteiger partial charge on any atom is 0.266 e. The molecule has 172 valence electrons. The fourth-order valence-electron chi connectivity index (χ4n) is 4.14. The number of carbonyl (C=O) groups is 1. The first-order chi connectivity index (χ1) is 16.6. The smallest absolute Gasteiger partial charge is 0.266 e. The molecule has 3 aromatic carbocycles. The van der Waals surface area contributed by atoms with E-state index in [-0.39, 0.29) is 17.3 Å². The highest BCUT2D eigenvalue weighted by Crippen LogP contribution is 2.29. The minimum Gasteiger partial charge on any atom is -0.358 e. The number of hydrogen-bond donors (Lipinski definition) is 1. The van der Waals surface area contributed by atoms with Crippen LogP contribution < -0.4 is 5.32 Å². The van der Waals surface area contributed by atoms with Gasteiger partial charge in [-0.3, -0.25) is 9.69 Å². The molecule has 1 heterocycles. The highest BCUT2D eigenvalue weighted by atomic mass is 19.1. The van der Waals surface area contributed by atoms with E-state index in [4.69, 9.17) is 0 Å². The van der Waals surface area contributed by atoms with Crippen molar-refractivity contribution in [3.05, 3.63) is 113 Å². The van der Waals surface area contributed by atoms with E-state index in [9.17, 15) is 18.8 Å². The van der Waals surface area contributed by atoms with E-state index in [1.54, 1.807) is 4.90 Å². The first-order valence-corrected chi connectivity index (χ1v) is 11.0. The van der Waals surface area contributed by atoms with E-state index in [1.807, 2.05) is 42.5 Å². The van der Waals surface area contributed by atoms with Crippen LogP contribution in [0.25, 0.3) is 0 Å². The van der Waals surface area contributed by atoms with Gasteiger partial charge in [0.15, 0.2) is 0 Å². The van der Waals surface area contributed by atoms with Gasteiger partial charge in [-0.15, -0.1) is 0 Å². The van der Waals surface area contributed by atoms with Crippen molar-refractivity contribution in [3.8, 4) is 6.07 Å². The summed E-state index contributed by atoms with van der Waals surface area (Å²) in [5.74, 6) is -1.93. The van der Waals surface area contributed by atoms with Crippen molar-refractivity contribution < 1.29 is 13.6 Å². The molecule has 4 rings (SSSR count). The molecule has 1 N–H and O–H groups in total. The molecule has 0 saturated carbocycles. The number of hydrogen-bond acceptors (Lipinski definition) is 4. The number of nitrogens with one attached hydrogen (secondary N) is 1. The summed E-state index contributed by atoms with van der Waals surface area (Å²) < 4.78 is 26.9. The zero-order valence-corrected chi connectivity index (χ0v) is 18.5. The molecule has 0 aromatic heterocycles. The number of halogens is 2. The minimum atomic E-state index is -0.803. The molecule has 5 nitrogen and oxygen atoms in total. The van der Waals surface area contributed by atoms with Gasteiger partial charge in [0.05, 0.1) is 11.7 Å². The van der Waals surface area contributed by atoms with E-state index in [0.717, 1.165) is 12.1 Å². The van der Waals surface area contributed by atoms with Crippen molar-refractivity contribution >= 4 is 11.6 Å². The molecule has 0 atom stereocenters. The third-order valence-electron chi connectivity index (χ3n) is 5.85. The van der Waals surface area contributed by atoms with Crippen LogP contribution in [0.3, 0.4) is 0 Å². The summed E-state index contributed by atoms with van der Waals surface area (Å²) in [4.78, 5) is 16.9. The summed E-state index contributed by atoms with van der Waals surface area (Å²) in [5.41, 5.74) is 2.20. The second kappa shape index (κ2) is 10.7. The maximum atomic E-state index is 13.8. The summed E-state index contributed by atoms with van der Waals surface area (Å²) in [7, 11) is 0. The van der Waals surface area contributed by atoms with Gasteiger partial charge in [0.1, 0.15) is 23.3 Å². The van der Waals surface area contributed by atoms with Gasteiger partial charge in [-0.25, -0.2) is 8.78 Å². The fourth-order valence-corrected chi connectivity index (χ4v) is 4.14. The van der Waals surface area contributed by atoms with Crippen LogP contribution in [0.5, 0.6) is 0 Å². The van der Waals surface area contributed by atoms with Crippen LogP contribution in [0.4, 0.5) is 14.5 Å². The normalized spacial score (nSPS) is 14.6. The molecule has 7 heteroatoms. The van der Waals surface area contributed by atoms with Crippen molar-refractivity contribution in [1.82, 2.24) is 9.80 Å². The molecule has 1 saturated heterocycles. The molecular formula is C27H24F2N4O. The zero-order chi connectivity index (χ0) is 23.9. The number of benzene rings is 3. The Morgan fingerprint density at radius 1 is 0.912 bits per heavy atom. The average Bonchev–Trinajstić information content (AvgIpc) is 2.87. The molecule has 1 fully saturated rings.